The number of rotatable bonds is 4. The van der Waals surface area contributed by atoms with Crippen LogP contribution in [-0.4, -0.2) is 55.3 Å². The van der Waals surface area contributed by atoms with Gasteiger partial charge in [-0.15, -0.1) is 0 Å². The Morgan fingerprint density at radius 3 is 2.57 bits per heavy atom. The fraction of sp³-hybridized carbons (Fsp3) is 0.368. The number of ether oxygens (including phenoxy) is 3. The minimum atomic E-state index is -4.46. The van der Waals surface area contributed by atoms with E-state index in [2.05, 4.69) is 4.98 Å². The number of carbonyl (C=O) groups excluding carboxylic acids is 1. The Balaban J connectivity index is 1.66. The molecule has 2 heterocycles. The third kappa shape index (κ3) is 4.92. The predicted octanol–water partition coefficient (Wildman–Crippen LogP) is 3.03. The number of carbonyl (C=O) groups is 1. The summed E-state index contributed by atoms with van der Waals surface area (Å²) in [5.41, 5.74) is -0.359. The van der Waals surface area contributed by atoms with Crippen molar-refractivity contribution in [3.8, 4) is 11.6 Å². The molecule has 1 fully saturated rings. The lowest BCUT2D eigenvalue weighted by molar-refractivity contribution is -0.137. The normalized spacial score (nSPS) is 17.7. The zero-order chi connectivity index (χ0) is 20.1. The zero-order valence-electron chi connectivity index (χ0n) is 15.1. The van der Waals surface area contributed by atoms with Crippen LogP contribution in [0.1, 0.15) is 15.9 Å². The minimum absolute atomic E-state index is 0.0420. The standard InChI is InChI=1S/C19H19F3N2O4/c1-26-15-5-2-13(3-6-15)18(25)24-8-9-27-12-16(11-24)28-17-7-4-14(10-23-17)19(20,21)22/h2-7,10,16H,8-9,11-12H2,1H3/t16-/m1/s1. The van der Waals surface area contributed by atoms with Gasteiger partial charge in [0.1, 0.15) is 11.9 Å². The molecule has 0 radical (unpaired) electrons. The van der Waals surface area contributed by atoms with Crippen LogP contribution in [0.2, 0.25) is 0 Å². The van der Waals surface area contributed by atoms with Crippen molar-refractivity contribution in [2.24, 2.45) is 0 Å². The highest BCUT2D eigenvalue weighted by molar-refractivity contribution is 5.94. The summed E-state index contributed by atoms with van der Waals surface area (Å²) >= 11 is 0. The topological polar surface area (TPSA) is 60.9 Å². The number of amides is 1. The van der Waals surface area contributed by atoms with Crippen molar-refractivity contribution < 1.29 is 32.2 Å². The molecule has 2 aromatic rings. The average Bonchev–Trinajstić information content (AvgIpc) is 2.93. The van der Waals surface area contributed by atoms with Crippen LogP contribution in [0.3, 0.4) is 0 Å². The van der Waals surface area contributed by atoms with Crippen molar-refractivity contribution >= 4 is 5.91 Å². The average molecular weight is 396 g/mol. The van der Waals surface area contributed by atoms with Crippen LogP contribution in [0.25, 0.3) is 0 Å². The molecule has 3 rings (SSSR count). The fourth-order valence-corrected chi connectivity index (χ4v) is 2.74. The van der Waals surface area contributed by atoms with Crippen LogP contribution in [0, 0.1) is 0 Å². The molecule has 1 atom stereocenters. The number of hydrogen-bond acceptors (Lipinski definition) is 5. The van der Waals surface area contributed by atoms with E-state index < -0.39 is 17.8 Å². The lowest BCUT2D eigenvalue weighted by atomic mass is 10.2. The van der Waals surface area contributed by atoms with Gasteiger partial charge < -0.3 is 19.1 Å². The number of pyridine rings is 1. The third-order valence-corrected chi connectivity index (χ3v) is 4.21. The van der Waals surface area contributed by atoms with E-state index in [1.165, 1.54) is 0 Å². The molecule has 1 saturated heterocycles. The van der Waals surface area contributed by atoms with Crippen LogP contribution in [0.4, 0.5) is 13.2 Å². The Bertz CT molecular complexity index is 794. The highest BCUT2D eigenvalue weighted by atomic mass is 19.4. The molecule has 1 aromatic heterocycles. The molecule has 1 aliphatic heterocycles. The van der Waals surface area contributed by atoms with Crippen molar-refractivity contribution in [1.82, 2.24) is 9.88 Å². The maximum Gasteiger partial charge on any atom is 0.417 e. The van der Waals surface area contributed by atoms with Gasteiger partial charge in [-0.3, -0.25) is 4.79 Å². The van der Waals surface area contributed by atoms with Gasteiger partial charge in [0.15, 0.2) is 0 Å². The monoisotopic (exact) mass is 396 g/mol. The van der Waals surface area contributed by atoms with Crippen LogP contribution in [-0.2, 0) is 10.9 Å². The molecule has 28 heavy (non-hydrogen) atoms. The van der Waals surface area contributed by atoms with E-state index in [4.69, 9.17) is 14.2 Å². The number of hydrogen-bond donors (Lipinski definition) is 0. The first-order valence-electron chi connectivity index (χ1n) is 8.58. The maximum atomic E-state index is 12.7. The van der Waals surface area contributed by atoms with Gasteiger partial charge in [0.2, 0.25) is 5.88 Å². The van der Waals surface area contributed by atoms with E-state index in [0.717, 1.165) is 12.1 Å². The first-order chi connectivity index (χ1) is 13.4. The molecule has 6 nitrogen and oxygen atoms in total. The molecular weight excluding hydrogens is 377 g/mol. The van der Waals surface area contributed by atoms with E-state index in [1.807, 2.05) is 0 Å². The van der Waals surface area contributed by atoms with E-state index in [1.54, 1.807) is 36.3 Å². The van der Waals surface area contributed by atoms with Gasteiger partial charge in [0.25, 0.3) is 5.91 Å². The molecule has 0 N–H and O–H groups in total. The second kappa shape index (κ2) is 8.47. The number of benzene rings is 1. The predicted molar refractivity (Wildman–Crippen MR) is 93.4 cm³/mol. The van der Waals surface area contributed by atoms with E-state index in [9.17, 15) is 18.0 Å². The van der Waals surface area contributed by atoms with Crippen molar-refractivity contribution in [3.63, 3.8) is 0 Å². The summed E-state index contributed by atoms with van der Waals surface area (Å²) in [5.74, 6) is 0.493. The maximum absolute atomic E-state index is 12.7. The zero-order valence-corrected chi connectivity index (χ0v) is 15.1. The first kappa shape index (κ1) is 19.9. The number of aromatic nitrogens is 1. The van der Waals surface area contributed by atoms with Crippen LogP contribution < -0.4 is 9.47 Å². The molecule has 0 aliphatic carbocycles. The van der Waals surface area contributed by atoms with Gasteiger partial charge >= 0.3 is 6.18 Å². The summed E-state index contributed by atoms with van der Waals surface area (Å²) in [4.78, 5) is 18.0. The van der Waals surface area contributed by atoms with Crippen molar-refractivity contribution in [2.75, 3.05) is 33.4 Å². The summed E-state index contributed by atoms with van der Waals surface area (Å²) in [5, 5.41) is 0. The smallest absolute Gasteiger partial charge is 0.417 e. The second-order valence-electron chi connectivity index (χ2n) is 6.18. The Morgan fingerprint density at radius 1 is 1.21 bits per heavy atom. The van der Waals surface area contributed by atoms with Crippen LogP contribution in [0.15, 0.2) is 42.6 Å². The number of methoxy groups -OCH3 is 1. The quantitative estimate of drug-likeness (QED) is 0.795. The van der Waals surface area contributed by atoms with Gasteiger partial charge in [0.05, 0.1) is 32.4 Å². The van der Waals surface area contributed by atoms with Gasteiger partial charge in [-0.25, -0.2) is 4.98 Å². The summed E-state index contributed by atoms with van der Waals surface area (Å²) in [6.07, 6.45) is -4.29. The Kier molecular flexibility index (Phi) is 6.03. The molecule has 0 saturated carbocycles. The Labute approximate surface area is 159 Å². The van der Waals surface area contributed by atoms with Crippen molar-refractivity contribution in [2.45, 2.75) is 12.3 Å². The Morgan fingerprint density at radius 2 is 1.96 bits per heavy atom. The number of alkyl halides is 3. The van der Waals surface area contributed by atoms with E-state index in [-0.39, 0.29) is 24.9 Å². The molecule has 0 bridgehead atoms. The highest BCUT2D eigenvalue weighted by Crippen LogP contribution is 2.29. The SMILES string of the molecule is COc1ccc(C(=O)N2CCOC[C@H](Oc3ccc(C(F)(F)F)cn3)C2)cc1. The number of halogens is 3. The largest absolute Gasteiger partial charge is 0.497 e. The van der Waals surface area contributed by atoms with Crippen molar-refractivity contribution in [3.05, 3.63) is 53.7 Å². The summed E-state index contributed by atoms with van der Waals surface area (Å²) in [6, 6.07) is 8.78. The van der Waals surface area contributed by atoms with Gasteiger partial charge in [-0.2, -0.15) is 13.2 Å². The molecule has 1 amide bonds. The lowest BCUT2D eigenvalue weighted by Gasteiger charge is -2.24. The molecule has 9 heteroatoms. The third-order valence-electron chi connectivity index (χ3n) is 4.21. The molecule has 1 aliphatic rings. The Hall–Kier alpha value is -2.81. The fourth-order valence-electron chi connectivity index (χ4n) is 2.74. The number of nitrogens with zero attached hydrogens (tertiary/aromatic N) is 2. The molecule has 0 unspecified atom stereocenters. The molecule has 150 valence electrons. The lowest BCUT2D eigenvalue weighted by Crippen LogP contribution is -2.40. The van der Waals surface area contributed by atoms with E-state index in [0.29, 0.717) is 30.7 Å². The van der Waals surface area contributed by atoms with Crippen LogP contribution in [0.5, 0.6) is 11.6 Å². The van der Waals surface area contributed by atoms with Gasteiger partial charge in [0, 0.05) is 24.4 Å². The molecule has 0 spiro atoms. The van der Waals surface area contributed by atoms with E-state index >= 15 is 0 Å². The first-order valence-corrected chi connectivity index (χ1v) is 8.58. The highest BCUT2D eigenvalue weighted by Gasteiger charge is 2.31. The summed E-state index contributed by atoms with van der Waals surface area (Å²) in [7, 11) is 1.54. The molecule has 1 aromatic carbocycles. The van der Waals surface area contributed by atoms with Gasteiger partial charge in [-0.05, 0) is 30.3 Å². The summed E-state index contributed by atoms with van der Waals surface area (Å²) < 4.78 is 54.1. The summed E-state index contributed by atoms with van der Waals surface area (Å²) in [6.45, 7) is 1.15. The van der Waals surface area contributed by atoms with Crippen LogP contribution >= 0.6 is 0 Å². The second-order valence-corrected chi connectivity index (χ2v) is 6.18. The minimum Gasteiger partial charge on any atom is -0.497 e. The van der Waals surface area contributed by atoms with Crippen molar-refractivity contribution in [1.29, 1.82) is 0 Å². The van der Waals surface area contributed by atoms with Gasteiger partial charge in [-0.1, -0.05) is 0 Å². The molecular formula is C19H19F3N2O4.